The highest BCUT2D eigenvalue weighted by Gasteiger charge is 2.44. The number of aromatic nitrogens is 3. The molecular formula is C12H11N4O8P-2. The zero-order valence-electron chi connectivity index (χ0n) is 12.3. The molecule has 0 amide bonds. The number of phosphoric acid groups is 1. The van der Waals surface area contributed by atoms with Crippen LogP contribution in [0.4, 0.5) is 0 Å². The molecule has 0 saturated carbocycles. The van der Waals surface area contributed by atoms with Gasteiger partial charge in [-0.1, -0.05) is 0 Å². The molecule has 4 atom stereocenters. The second-order valence-electron chi connectivity index (χ2n) is 5.28. The maximum atomic E-state index is 11.9. The van der Waals surface area contributed by atoms with Crippen LogP contribution in [0.1, 0.15) is 11.8 Å². The molecule has 134 valence electrons. The van der Waals surface area contributed by atoms with E-state index in [0.29, 0.717) is 0 Å². The van der Waals surface area contributed by atoms with Crippen LogP contribution in [0.5, 0.6) is 0 Å². The highest BCUT2D eigenvalue weighted by molar-refractivity contribution is 7.43. The first-order valence-electron chi connectivity index (χ1n) is 6.89. The normalized spacial score (nSPS) is 26.8. The predicted molar refractivity (Wildman–Crippen MR) is 74.6 cm³/mol. The number of nitrogens with zero attached hydrogens (tertiary/aromatic N) is 3. The third-order valence-electron chi connectivity index (χ3n) is 3.74. The molecule has 13 heteroatoms. The van der Waals surface area contributed by atoms with Gasteiger partial charge in [-0.15, -0.1) is 0 Å². The largest absolute Gasteiger partial charge is 0.790 e. The second kappa shape index (κ2) is 6.32. The van der Waals surface area contributed by atoms with E-state index in [1.54, 1.807) is 0 Å². The van der Waals surface area contributed by atoms with E-state index in [4.69, 9.17) is 10.00 Å². The Balaban J connectivity index is 1.96. The minimum Gasteiger partial charge on any atom is -0.790 e. The van der Waals surface area contributed by atoms with E-state index in [9.17, 15) is 29.4 Å². The second-order valence-corrected chi connectivity index (χ2v) is 6.43. The van der Waals surface area contributed by atoms with Gasteiger partial charge in [0, 0.05) is 6.20 Å². The number of fused-ring (bicyclic) bond motifs is 1. The van der Waals surface area contributed by atoms with Crippen LogP contribution < -0.4 is 15.3 Å². The Labute approximate surface area is 139 Å². The molecule has 25 heavy (non-hydrogen) atoms. The topological polar surface area (TPSA) is 197 Å². The fraction of sp³-hybridized carbons (Fsp3) is 0.417. The number of nitriles is 1. The number of aromatic amines is 1. The van der Waals surface area contributed by atoms with Gasteiger partial charge in [0.2, 0.25) is 0 Å². The molecule has 0 radical (unpaired) electrons. The Morgan fingerprint density at radius 3 is 2.84 bits per heavy atom. The lowest BCUT2D eigenvalue weighted by Crippen LogP contribution is -2.34. The van der Waals surface area contributed by atoms with Crippen molar-refractivity contribution in [2.45, 2.75) is 24.5 Å². The fourth-order valence-corrected chi connectivity index (χ4v) is 2.96. The standard InChI is InChI=1S/C12H13N4O8P/c13-1-5-2-16(10-7(5)11(19)15-4-14-10)12-9(18)8(17)6(24-12)3-23-25(20,21)22/h2,4,6,8-9,12,17-18H,3H2,(H,14,15,19)(H2,20,21,22)/p-2/t6-,8-,9-,12+/m1/s1. The first kappa shape index (κ1) is 17.7. The summed E-state index contributed by atoms with van der Waals surface area (Å²) in [4.78, 5) is 39.2. The van der Waals surface area contributed by atoms with Gasteiger partial charge in [0.25, 0.3) is 5.56 Å². The molecule has 1 fully saturated rings. The van der Waals surface area contributed by atoms with Crippen molar-refractivity contribution in [3.8, 4) is 6.07 Å². The molecule has 1 aliphatic rings. The minimum absolute atomic E-state index is 0.0245. The van der Waals surface area contributed by atoms with Crippen molar-refractivity contribution in [3.05, 3.63) is 28.4 Å². The van der Waals surface area contributed by atoms with Crippen LogP contribution in [0, 0.1) is 11.3 Å². The van der Waals surface area contributed by atoms with Gasteiger partial charge in [0.1, 0.15) is 29.8 Å². The molecule has 3 rings (SSSR count). The highest BCUT2D eigenvalue weighted by Crippen LogP contribution is 2.34. The summed E-state index contributed by atoms with van der Waals surface area (Å²) in [5, 5.41) is 29.2. The Morgan fingerprint density at radius 2 is 2.20 bits per heavy atom. The number of H-pyrrole nitrogens is 1. The molecule has 0 spiro atoms. The van der Waals surface area contributed by atoms with Gasteiger partial charge in [0.05, 0.1) is 26.3 Å². The van der Waals surface area contributed by atoms with Gasteiger partial charge in [-0.05, 0) is 0 Å². The number of hydrogen-bond acceptors (Lipinski definition) is 10. The number of rotatable bonds is 4. The quantitative estimate of drug-likeness (QED) is 0.468. The van der Waals surface area contributed by atoms with E-state index in [0.717, 1.165) is 6.33 Å². The number of aliphatic hydroxyl groups is 2. The lowest BCUT2D eigenvalue weighted by Gasteiger charge is -2.30. The summed E-state index contributed by atoms with van der Waals surface area (Å²) in [6.07, 6.45) is -3.41. The van der Waals surface area contributed by atoms with Crippen LogP contribution in [0.3, 0.4) is 0 Å². The average molecular weight is 370 g/mol. The van der Waals surface area contributed by atoms with Crippen LogP contribution >= 0.6 is 7.82 Å². The zero-order chi connectivity index (χ0) is 18.4. The van der Waals surface area contributed by atoms with Gasteiger partial charge in [-0.3, -0.25) is 4.79 Å². The predicted octanol–water partition coefficient (Wildman–Crippen LogP) is -2.94. The van der Waals surface area contributed by atoms with Crippen LogP contribution in [-0.4, -0.2) is 49.7 Å². The molecule has 12 nitrogen and oxygen atoms in total. The summed E-state index contributed by atoms with van der Waals surface area (Å²) < 4.78 is 21.1. The van der Waals surface area contributed by atoms with Crippen molar-refractivity contribution in [1.29, 1.82) is 5.26 Å². The fourth-order valence-electron chi connectivity index (χ4n) is 2.63. The molecule has 0 unspecified atom stereocenters. The lowest BCUT2D eigenvalue weighted by molar-refractivity contribution is -0.343. The third-order valence-corrected chi connectivity index (χ3v) is 4.21. The Hall–Kier alpha value is -2.10. The molecule has 2 aromatic rings. The first-order chi connectivity index (χ1) is 11.7. The van der Waals surface area contributed by atoms with Gasteiger partial charge >= 0.3 is 0 Å². The van der Waals surface area contributed by atoms with E-state index in [1.807, 2.05) is 6.07 Å². The van der Waals surface area contributed by atoms with Gasteiger partial charge in [-0.25, -0.2) is 4.98 Å². The maximum absolute atomic E-state index is 11.9. The Bertz CT molecular complexity index is 943. The van der Waals surface area contributed by atoms with Crippen LogP contribution in [-0.2, 0) is 13.8 Å². The van der Waals surface area contributed by atoms with Gasteiger partial charge in [0.15, 0.2) is 11.9 Å². The Morgan fingerprint density at radius 1 is 1.48 bits per heavy atom. The molecule has 0 aromatic carbocycles. The Kier molecular flexibility index (Phi) is 4.48. The number of phosphoric ester groups is 1. The van der Waals surface area contributed by atoms with Crippen molar-refractivity contribution >= 4 is 18.9 Å². The molecule has 1 aliphatic heterocycles. The van der Waals surface area contributed by atoms with E-state index >= 15 is 0 Å². The monoisotopic (exact) mass is 370 g/mol. The molecule has 3 heterocycles. The summed E-state index contributed by atoms with van der Waals surface area (Å²) in [6.45, 7) is -0.794. The smallest absolute Gasteiger partial charge is 0.261 e. The van der Waals surface area contributed by atoms with E-state index in [1.165, 1.54) is 10.8 Å². The number of ether oxygens (including phenoxy) is 1. The van der Waals surface area contributed by atoms with Gasteiger partial charge < -0.3 is 43.4 Å². The van der Waals surface area contributed by atoms with E-state index < -0.39 is 44.5 Å². The minimum atomic E-state index is -5.28. The van der Waals surface area contributed by atoms with Crippen LogP contribution in [0.15, 0.2) is 17.3 Å². The number of hydrogen-bond donors (Lipinski definition) is 3. The van der Waals surface area contributed by atoms with Crippen LogP contribution in [0.2, 0.25) is 0 Å². The number of nitrogens with one attached hydrogen (secondary N) is 1. The average Bonchev–Trinajstić information content (AvgIpc) is 3.05. The van der Waals surface area contributed by atoms with E-state index in [-0.39, 0.29) is 16.6 Å². The lowest BCUT2D eigenvalue weighted by atomic mass is 10.1. The summed E-state index contributed by atoms with van der Waals surface area (Å²) in [5.74, 6) is 0. The SMILES string of the molecule is N#Cc1cn([C@H]2O[C@H](COP(=O)([O-])[O-])[C@@H](O)[C@H]2O)c2nc[nH]c(=O)c12. The first-order valence-corrected chi connectivity index (χ1v) is 8.35. The molecule has 3 N–H and O–H groups in total. The molecule has 0 bridgehead atoms. The van der Waals surface area contributed by atoms with Gasteiger partial charge in [-0.2, -0.15) is 5.26 Å². The highest BCUT2D eigenvalue weighted by atomic mass is 31.2. The van der Waals surface area contributed by atoms with Crippen molar-refractivity contribution in [1.82, 2.24) is 14.5 Å². The van der Waals surface area contributed by atoms with Crippen molar-refractivity contribution in [2.75, 3.05) is 6.61 Å². The third kappa shape index (κ3) is 3.22. The summed E-state index contributed by atoms with van der Waals surface area (Å²) in [7, 11) is -5.28. The summed E-state index contributed by atoms with van der Waals surface area (Å²) in [6, 6.07) is 1.81. The van der Waals surface area contributed by atoms with Crippen molar-refractivity contribution in [3.63, 3.8) is 0 Å². The van der Waals surface area contributed by atoms with Crippen molar-refractivity contribution in [2.24, 2.45) is 0 Å². The van der Waals surface area contributed by atoms with Crippen LogP contribution in [0.25, 0.3) is 11.0 Å². The molecule has 2 aromatic heterocycles. The summed E-state index contributed by atoms with van der Waals surface area (Å²) >= 11 is 0. The van der Waals surface area contributed by atoms with Crippen molar-refractivity contribution < 1.29 is 33.8 Å². The molecule has 1 saturated heterocycles. The summed E-state index contributed by atoms with van der Waals surface area (Å²) in [5.41, 5.74) is -0.582. The number of aliphatic hydroxyl groups excluding tert-OH is 2. The molecule has 0 aliphatic carbocycles. The van der Waals surface area contributed by atoms with E-state index in [2.05, 4.69) is 14.5 Å². The molecular weight excluding hydrogens is 359 g/mol. The zero-order valence-corrected chi connectivity index (χ0v) is 13.2. The maximum Gasteiger partial charge on any atom is 0.261 e.